The third-order valence-electron chi connectivity index (χ3n) is 3.83. The fraction of sp³-hybridized carbons (Fsp3) is 0.400. The lowest BCUT2D eigenvalue weighted by molar-refractivity contribution is 0.0737. The van der Waals surface area contributed by atoms with Crippen LogP contribution in [0.3, 0.4) is 0 Å². The second-order valence-electron chi connectivity index (χ2n) is 5.08. The van der Waals surface area contributed by atoms with Crippen molar-refractivity contribution in [3.8, 4) is 5.75 Å². The Hall–Kier alpha value is -2.01. The highest BCUT2D eigenvalue weighted by molar-refractivity contribution is 6.07. The first-order valence-electron chi connectivity index (χ1n) is 6.84. The minimum atomic E-state index is 0.113. The number of piperazine rings is 1. The molecule has 1 saturated heterocycles. The third-order valence-corrected chi connectivity index (χ3v) is 3.83. The standard InChI is InChI=1S/C15H19N3O2/c1-17-10-13(15(19)18-7-5-16-6-8-18)12-4-3-11(20-2)9-14(12)17/h3-4,9-10,16H,5-8H2,1-2H3. The molecule has 0 atom stereocenters. The van der Waals surface area contributed by atoms with Crippen LogP contribution in [0.1, 0.15) is 10.4 Å². The summed E-state index contributed by atoms with van der Waals surface area (Å²) < 4.78 is 7.23. The van der Waals surface area contributed by atoms with E-state index in [4.69, 9.17) is 4.74 Å². The van der Waals surface area contributed by atoms with Crippen LogP contribution in [0.25, 0.3) is 10.9 Å². The summed E-state index contributed by atoms with van der Waals surface area (Å²) in [6.45, 7) is 3.27. The van der Waals surface area contributed by atoms with E-state index in [2.05, 4.69) is 5.32 Å². The van der Waals surface area contributed by atoms with E-state index < -0.39 is 0 Å². The first-order chi connectivity index (χ1) is 9.70. The van der Waals surface area contributed by atoms with Gasteiger partial charge in [-0.2, -0.15) is 0 Å². The summed E-state index contributed by atoms with van der Waals surface area (Å²) in [5.41, 5.74) is 1.79. The molecular weight excluding hydrogens is 254 g/mol. The molecule has 2 aromatic rings. The summed E-state index contributed by atoms with van der Waals surface area (Å²) >= 11 is 0. The number of carbonyl (C=O) groups excluding carboxylic acids is 1. The Balaban J connectivity index is 2.01. The monoisotopic (exact) mass is 273 g/mol. The quantitative estimate of drug-likeness (QED) is 0.895. The van der Waals surface area contributed by atoms with Gasteiger partial charge in [-0.1, -0.05) is 0 Å². The first kappa shape index (κ1) is 13.0. The van der Waals surface area contributed by atoms with Crippen LogP contribution in [-0.2, 0) is 7.05 Å². The summed E-state index contributed by atoms with van der Waals surface area (Å²) in [4.78, 5) is 14.5. The zero-order valence-corrected chi connectivity index (χ0v) is 11.8. The summed E-state index contributed by atoms with van der Waals surface area (Å²) in [6.07, 6.45) is 1.91. The molecular formula is C15H19N3O2. The Bertz CT molecular complexity index is 642. The molecule has 0 saturated carbocycles. The van der Waals surface area contributed by atoms with Crippen molar-refractivity contribution < 1.29 is 9.53 Å². The number of carbonyl (C=O) groups is 1. The van der Waals surface area contributed by atoms with E-state index in [1.807, 2.05) is 40.9 Å². The van der Waals surface area contributed by atoms with Gasteiger partial charge in [0.2, 0.25) is 0 Å². The number of nitrogens with zero attached hydrogens (tertiary/aromatic N) is 2. The minimum Gasteiger partial charge on any atom is -0.497 e. The number of nitrogens with one attached hydrogen (secondary N) is 1. The fourth-order valence-electron chi connectivity index (χ4n) is 2.70. The number of rotatable bonds is 2. The van der Waals surface area contributed by atoms with Gasteiger partial charge in [-0.05, 0) is 12.1 Å². The molecule has 1 aliphatic rings. The third kappa shape index (κ3) is 2.14. The lowest BCUT2D eigenvalue weighted by Gasteiger charge is -2.27. The van der Waals surface area contributed by atoms with E-state index in [1.54, 1.807) is 7.11 Å². The molecule has 0 radical (unpaired) electrons. The minimum absolute atomic E-state index is 0.113. The fourth-order valence-corrected chi connectivity index (χ4v) is 2.70. The van der Waals surface area contributed by atoms with Gasteiger partial charge in [0.25, 0.3) is 5.91 Å². The zero-order valence-electron chi connectivity index (χ0n) is 11.8. The molecule has 5 nitrogen and oxygen atoms in total. The molecule has 1 aromatic heterocycles. The van der Waals surface area contributed by atoms with Crippen LogP contribution in [0.2, 0.25) is 0 Å². The molecule has 1 amide bonds. The molecule has 1 fully saturated rings. The van der Waals surface area contributed by atoms with Gasteiger partial charge < -0.3 is 19.5 Å². The highest BCUT2D eigenvalue weighted by atomic mass is 16.5. The van der Waals surface area contributed by atoms with Gasteiger partial charge in [0, 0.05) is 50.9 Å². The van der Waals surface area contributed by atoms with Crippen molar-refractivity contribution >= 4 is 16.8 Å². The Morgan fingerprint density at radius 1 is 1.30 bits per heavy atom. The summed E-state index contributed by atoms with van der Waals surface area (Å²) in [5, 5.41) is 4.25. The van der Waals surface area contributed by atoms with Gasteiger partial charge in [-0.25, -0.2) is 0 Å². The molecule has 106 valence electrons. The molecule has 0 aliphatic carbocycles. The van der Waals surface area contributed by atoms with Crippen LogP contribution in [0.15, 0.2) is 24.4 Å². The number of ether oxygens (including phenoxy) is 1. The molecule has 5 heteroatoms. The van der Waals surface area contributed by atoms with Crippen molar-refractivity contribution in [2.24, 2.45) is 7.05 Å². The summed E-state index contributed by atoms with van der Waals surface area (Å²) in [7, 11) is 3.60. The average Bonchev–Trinajstić information content (AvgIpc) is 2.84. The second kappa shape index (κ2) is 5.17. The molecule has 0 spiro atoms. The molecule has 0 bridgehead atoms. The zero-order chi connectivity index (χ0) is 14.1. The molecule has 2 heterocycles. The topological polar surface area (TPSA) is 46.5 Å². The highest BCUT2D eigenvalue weighted by Gasteiger charge is 2.21. The SMILES string of the molecule is COc1ccc2c(C(=O)N3CCNCC3)cn(C)c2c1. The molecule has 1 aromatic carbocycles. The maximum atomic E-state index is 12.6. The van der Waals surface area contributed by atoms with Crippen LogP contribution in [0.4, 0.5) is 0 Å². The number of amides is 1. The number of benzene rings is 1. The maximum Gasteiger partial charge on any atom is 0.256 e. The van der Waals surface area contributed by atoms with Gasteiger partial charge in [0.05, 0.1) is 18.2 Å². The lowest BCUT2D eigenvalue weighted by Crippen LogP contribution is -2.46. The van der Waals surface area contributed by atoms with Crippen molar-refractivity contribution in [3.63, 3.8) is 0 Å². The van der Waals surface area contributed by atoms with Gasteiger partial charge in [-0.15, -0.1) is 0 Å². The Morgan fingerprint density at radius 3 is 2.75 bits per heavy atom. The number of hydrogen-bond acceptors (Lipinski definition) is 3. The van der Waals surface area contributed by atoms with Crippen LogP contribution in [0, 0.1) is 0 Å². The predicted molar refractivity (Wildman–Crippen MR) is 78.2 cm³/mol. The number of aryl methyl sites for hydroxylation is 1. The van der Waals surface area contributed by atoms with E-state index in [-0.39, 0.29) is 5.91 Å². The summed E-state index contributed by atoms with van der Waals surface area (Å²) in [6, 6.07) is 5.82. The Morgan fingerprint density at radius 2 is 2.05 bits per heavy atom. The van der Waals surface area contributed by atoms with E-state index >= 15 is 0 Å². The lowest BCUT2D eigenvalue weighted by atomic mass is 10.1. The van der Waals surface area contributed by atoms with Crippen LogP contribution in [0.5, 0.6) is 5.75 Å². The second-order valence-corrected chi connectivity index (χ2v) is 5.08. The van der Waals surface area contributed by atoms with Gasteiger partial charge in [0.1, 0.15) is 5.75 Å². The van der Waals surface area contributed by atoms with Crippen LogP contribution < -0.4 is 10.1 Å². The van der Waals surface area contributed by atoms with Gasteiger partial charge >= 0.3 is 0 Å². The maximum absolute atomic E-state index is 12.6. The smallest absolute Gasteiger partial charge is 0.256 e. The number of aromatic nitrogens is 1. The van der Waals surface area contributed by atoms with E-state index in [9.17, 15) is 4.79 Å². The van der Waals surface area contributed by atoms with E-state index in [0.29, 0.717) is 0 Å². The number of hydrogen-bond donors (Lipinski definition) is 1. The first-order valence-corrected chi connectivity index (χ1v) is 6.84. The van der Waals surface area contributed by atoms with Crippen molar-refractivity contribution in [2.75, 3.05) is 33.3 Å². The van der Waals surface area contributed by atoms with Crippen molar-refractivity contribution in [1.82, 2.24) is 14.8 Å². The highest BCUT2D eigenvalue weighted by Crippen LogP contribution is 2.26. The van der Waals surface area contributed by atoms with Crippen LogP contribution >= 0.6 is 0 Å². The Kier molecular flexibility index (Phi) is 3.36. The van der Waals surface area contributed by atoms with Crippen molar-refractivity contribution in [2.45, 2.75) is 0 Å². The molecule has 20 heavy (non-hydrogen) atoms. The average molecular weight is 273 g/mol. The Labute approximate surface area is 118 Å². The van der Waals surface area contributed by atoms with Gasteiger partial charge in [0.15, 0.2) is 0 Å². The number of methoxy groups -OCH3 is 1. The molecule has 1 aliphatic heterocycles. The summed E-state index contributed by atoms with van der Waals surface area (Å²) in [5.74, 6) is 0.919. The van der Waals surface area contributed by atoms with Crippen molar-refractivity contribution in [3.05, 3.63) is 30.0 Å². The largest absolute Gasteiger partial charge is 0.497 e. The predicted octanol–water partition coefficient (Wildman–Crippen LogP) is 1.23. The molecule has 0 unspecified atom stereocenters. The normalized spacial score (nSPS) is 15.6. The number of fused-ring (bicyclic) bond motifs is 1. The van der Waals surface area contributed by atoms with Crippen molar-refractivity contribution in [1.29, 1.82) is 0 Å². The molecule has 3 rings (SSSR count). The van der Waals surface area contributed by atoms with Gasteiger partial charge in [-0.3, -0.25) is 4.79 Å². The van der Waals surface area contributed by atoms with Crippen LogP contribution in [-0.4, -0.2) is 48.7 Å². The molecule has 1 N–H and O–H groups in total. The van der Waals surface area contributed by atoms with E-state index in [1.165, 1.54) is 0 Å². The van der Waals surface area contributed by atoms with E-state index in [0.717, 1.165) is 48.4 Å².